The summed E-state index contributed by atoms with van der Waals surface area (Å²) in [5, 5.41) is 5.35. The van der Waals surface area contributed by atoms with E-state index in [9.17, 15) is 9.59 Å². The minimum absolute atomic E-state index is 0.00387. The van der Waals surface area contributed by atoms with Crippen LogP contribution < -0.4 is 5.32 Å². The third kappa shape index (κ3) is 4.38. The molecule has 4 rings (SSSR count). The Morgan fingerprint density at radius 3 is 2.78 bits per heavy atom. The van der Waals surface area contributed by atoms with Crippen LogP contribution >= 0.6 is 23.1 Å². The standard InChI is InChI=1S/C21H24N2O2S2/c24-19(9-10-23-11-13-27-21(23)25)22-20(18-6-3-12-26-18)17-8-7-15-4-1-2-5-16(15)14-17/h3,6-8,12,14,20H,1-2,4-5,9-11,13H2,(H,22,24). The van der Waals surface area contributed by atoms with Crippen molar-refractivity contribution in [2.24, 2.45) is 0 Å². The van der Waals surface area contributed by atoms with E-state index in [2.05, 4.69) is 29.6 Å². The third-order valence-electron chi connectivity index (χ3n) is 5.29. The lowest BCUT2D eigenvalue weighted by Crippen LogP contribution is -2.33. The quantitative estimate of drug-likeness (QED) is 0.782. The summed E-state index contributed by atoms with van der Waals surface area (Å²) in [4.78, 5) is 27.2. The van der Waals surface area contributed by atoms with Crippen LogP contribution in [0.15, 0.2) is 35.7 Å². The van der Waals surface area contributed by atoms with Crippen LogP contribution in [0.4, 0.5) is 4.79 Å². The topological polar surface area (TPSA) is 49.4 Å². The Bertz CT molecular complexity index is 820. The van der Waals surface area contributed by atoms with E-state index in [1.807, 2.05) is 11.4 Å². The fourth-order valence-electron chi connectivity index (χ4n) is 3.81. The molecule has 142 valence electrons. The van der Waals surface area contributed by atoms with Gasteiger partial charge in [-0.3, -0.25) is 9.59 Å². The summed E-state index contributed by atoms with van der Waals surface area (Å²) in [6.07, 6.45) is 5.15. The maximum absolute atomic E-state index is 12.6. The van der Waals surface area contributed by atoms with Gasteiger partial charge in [0.15, 0.2) is 0 Å². The van der Waals surface area contributed by atoms with Crippen LogP contribution in [0, 0.1) is 0 Å². The zero-order chi connectivity index (χ0) is 18.6. The summed E-state index contributed by atoms with van der Waals surface area (Å²) in [7, 11) is 0. The zero-order valence-corrected chi connectivity index (χ0v) is 16.9. The van der Waals surface area contributed by atoms with Crippen LogP contribution in [-0.4, -0.2) is 34.9 Å². The molecular weight excluding hydrogens is 376 g/mol. The molecule has 1 fully saturated rings. The average Bonchev–Trinajstić information content (AvgIpc) is 3.36. The second kappa shape index (κ2) is 8.48. The van der Waals surface area contributed by atoms with Crippen LogP contribution in [0.1, 0.15) is 46.9 Å². The van der Waals surface area contributed by atoms with E-state index in [1.54, 1.807) is 16.2 Å². The molecule has 0 saturated carbocycles. The van der Waals surface area contributed by atoms with E-state index in [0.29, 0.717) is 13.0 Å². The maximum Gasteiger partial charge on any atom is 0.281 e. The van der Waals surface area contributed by atoms with Gasteiger partial charge in [0.25, 0.3) is 5.24 Å². The van der Waals surface area contributed by atoms with E-state index in [0.717, 1.165) is 35.6 Å². The Hall–Kier alpha value is -1.79. The minimum atomic E-state index is -0.117. The molecular formula is C21H24N2O2S2. The van der Waals surface area contributed by atoms with Gasteiger partial charge in [0.05, 0.1) is 6.04 Å². The van der Waals surface area contributed by atoms with Crippen LogP contribution in [0.2, 0.25) is 0 Å². The van der Waals surface area contributed by atoms with Crippen molar-refractivity contribution in [2.45, 2.75) is 38.1 Å². The molecule has 2 heterocycles. The van der Waals surface area contributed by atoms with Crippen molar-refractivity contribution < 1.29 is 9.59 Å². The highest BCUT2D eigenvalue weighted by atomic mass is 32.2. The summed E-state index contributed by atoms with van der Waals surface area (Å²) >= 11 is 3.00. The van der Waals surface area contributed by atoms with Gasteiger partial charge in [-0.1, -0.05) is 36.0 Å². The summed E-state index contributed by atoms with van der Waals surface area (Å²) in [5.41, 5.74) is 4.03. The van der Waals surface area contributed by atoms with Crippen LogP contribution in [0.5, 0.6) is 0 Å². The monoisotopic (exact) mass is 400 g/mol. The molecule has 0 radical (unpaired) electrons. The summed E-state index contributed by atoms with van der Waals surface area (Å²) in [6.45, 7) is 1.25. The molecule has 6 heteroatoms. The first-order valence-electron chi connectivity index (χ1n) is 9.57. The number of nitrogens with one attached hydrogen (secondary N) is 1. The number of carbonyl (C=O) groups excluding carboxylic acids is 2. The van der Waals surface area contributed by atoms with Gasteiger partial charge in [0.2, 0.25) is 5.91 Å². The van der Waals surface area contributed by atoms with Gasteiger partial charge in [-0.25, -0.2) is 0 Å². The van der Waals surface area contributed by atoms with Gasteiger partial charge in [-0.2, -0.15) is 0 Å². The second-order valence-corrected chi connectivity index (χ2v) is 9.13. The normalized spacial score (nSPS) is 17.6. The maximum atomic E-state index is 12.6. The fraction of sp³-hybridized carbons (Fsp3) is 0.429. The molecule has 1 aromatic carbocycles. The number of thioether (sulfide) groups is 1. The number of carbonyl (C=O) groups is 2. The molecule has 1 N–H and O–H groups in total. The number of rotatable bonds is 6. The largest absolute Gasteiger partial charge is 0.344 e. The Morgan fingerprint density at radius 1 is 1.19 bits per heavy atom. The zero-order valence-electron chi connectivity index (χ0n) is 15.3. The van der Waals surface area contributed by atoms with Crippen molar-refractivity contribution in [3.05, 3.63) is 57.3 Å². The highest BCUT2D eigenvalue weighted by Gasteiger charge is 2.23. The molecule has 4 nitrogen and oxygen atoms in total. The molecule has 1 unspecified atom stereocenters. The second-order valence-electron chi connectivity index (χ2n) is 7.10. The lowest BCUT2D eigenvalue weighted by Gasteiger charge is -2.22. The van der Waals surface area contributed by atoms with E-state index < -0.39 is 0 Å². The SMILES string of the molecule is O=C(CCN1CCSC1=O)NC(c1ccc2c(c1)CCCC2)c1cccs1. The number of hydrogen-bond acceptors (Lipinski definition) is 4. The highest BCUT2D eigenvalue weighted by Crippen LogP contribution is 2.30. The summed E-state index contributed by atoms with van der Waals surface area (Å²) in [5.74, 6) is 0.823. The van der Waals surface area contributed by atoms with Crippen LogP contribution in [-0.2, 0) is 17.6 Å². The van der Waals surface area contributed by atoms with Crippen molar-refractivity contribution in [2.75, 3.05) is 18.8 Å². The number of nitrogens with zero attached hydrogens (tertiary/aromatic N) is 1. The van der Waals surface area contributed by atoms with Crippen molar-refractivity contribution in [1.29, 1.82) is 0 Å². The first-order valence-corrected chi connectivity index (χ1v) is 11.4. The Kier molecular flexibility index (Phi) is 5.83. The molecule has 0 spiro atoms. The first kappa shape index (κ1) is 18.6. The molecule has 1 atom stereocenters. The number of aryl methyl sites for hydroxylation is 2. The van der Waals surface area contributed by atoms with Gasteiger partial charge < -0.3 is 10.2 Å². The lowest BCUT2D eigenvalue weighted by molar-refractivity contribution is -0.121. The van der Waals surface area contributed by atoms with Gasteiger partial charge in [-0.05, 0) is 53.8 Å². The molecule has 1 aliphatic heterocycles. The fourth-order valence-corrected chi connectivity index (χ4v) is 5.46. The third-order valence-corrected chi connectivity index (χ3v) is 7.12. The van der Waals surface area contributed by atoms with E-state index in [4.69, 9.17) is 0 Å². The van der Waals surface area contributed by atoms with Crippen LogP contribution in [0.25, 0.3) is 0 Å². The first-order chi connectivity index (χ1) is 13.2. The molecule has 27 heavy (non-hydrogen) atoms. The Labute approximate surface area is 168 Å². The lowest BCUT2D eigenvalue weighted by atomic mass is 9.89. The molecule has 1 saturated heterocycles. The smallest absolute Gasteiger partial charge is 0.281 e. The number of amides is 2. The summed E-state index contributed by atoms with van der Waals surface area (Å²) < 4.78 is 0. The number of fused-ring (bicyclic) bond motifs is 1. The van der Waals surface area contributed by atoms with Crippen molar-refractivity contribution >= 4 is 34.2 Å². The predicted octanol–water partition coefficient (Wildman–Crippen LogP) is 4.39. The molecule has 1 aliphatic carbocycles. The average molecular weight is 401 g/mol. The van der Waals surface area contributed by atoms with Crippen molar-refractivity contribution in [3.8, 4) is 0 Å². The number of hydrogen-bond donors (Lipinski definition) is 1. The van der Waals surface area contributed by atoms with Gasteiger partial charge in [0, 0.05) is 30.1 Å². The Morgan fingerprint density at radius 2 is 2.04 bits per heavy atom. The van der Waals surface area contributed by atoms with Gasteiger partial charge in [0.1, 0.15) is 0 Å². The molecule has 2 aromatic rings. The number of benzene rings is 1. The van der Waals surface area contributed by atoms with E-state index in [1.165, 1.54) is 35.7 Å². The Balaban J connectivity index is 1.48. The minimum Gasteiger partial charge on any atom is -0.344 e. The molecule has 2 aliphatic rings. The van der Waals surface area contributed by atoms with Gasteiger partial charge >= 0.3 is 0 Å². The molecule has 0 bridgehead atoms. The van der Waals surface area contributed by atoms with E-state index >= 15 is 0 Å². The van der Waals surface area contributed by atoms with Crippen LogP contribution in [0.3, 0.4) is 0 Å². The highest BCUT2D eigenvalue weighted by molar-refractivity contribution is 8.13. The predicted molar refractivity (Wildman–Crippen MR) is 111 cm³/mol. The molecule has 2 amide bonds. The van der Waals surface area contributed by atoms with E-state index in [-0.39, 0.29) is 17.2 Å². The van der Waals surface area contributed by atoms with Crippen molar-refractivity contribution in [1.82, 2.24) is 10.2 Å². The molecule has 1 aromatic heterocycles. The summed E-state index contributed by atoms with van der Waals surface area (Å²) in [6, 6.07) is 10.7. The van der Waals surface area contributed by atoms with Gasteiger partial charge in [-0.15, -0.1) is 11.3 Å². The van der Waals surface area contributed by atoms with Crippen molar-refractivity contribution in [3.63, 3.8) is 0 Å². The number of thiophene rings is 1.